The summed E-state index contributed by atoms with van der Waals surface area (Å²) in [5, 5.41) is 3.47. The van der Waals surface area contributed by atoms with Crippen LogP contribution in [0.1, 0.15) is 24.0 Å². The van der Waals surface area contributed by atoms with Gasteiger partial charge in [-0.15, -0.1) is 0 Å². The minimum atomic E-state index is 0.767. The maximum atomic E-state index is 5.41. The molecule has 0 radical (unpaired) electrons. The van der Waals surface area contributed by atoms with E-state index in [0.29, 0.717) is 0 Å². The van der Waals surface area contributed by atoms with Crippen molar-refractivity contribution in [2.75, 3.05) is 20.2 Å². The molecule has 1 aromatic rings. The molecule has 0 saturated carbocycles. The lowest BCUT2D eigenvalue weighted by Crippen LogP contribution is -2.30. The fourth-order valence-electron chi connectivity index (χ4n) is 2.47. The first-order valence-corrected chi connectivity index (χ1v) is 7.03. The number of benzene rings is 1. The molecule has 1 heterocycles. The predicted molar refractivity (Wildman–Crippen MR) is 74.7 cm³/mol. The second-order valence-electron chi connectivity index (χ2n) is 4.82. The molecule has 2 rings (SSSR count). The van der Waals surface area contributed by atoms with Gasteiger partial charge in [0.2, 0.25) is 0 Å². The number of hydrogen-bond donors (Lipinski definition) is 1. The van der Waals surface area contributed by atoms with Gasteiger partial charge in [-0.1, -0.05) is 15.9 Å². The monoisotopic (exact) mass is 297 g/mol. The van der Waals surface area contributed by atoms with Gasteiger partial charge in [0.25, 0.3) is 0 Å². The number of halogens is 1. The highest BCUT2D eigenvalue weighted by molar-refractivity contribution is 9.10. The summed E-state index contributed by atoms with van der Waals surface area (Å²) >= 11 is 3.61. The predicted octanol–water partition coefficient (Wildman–Crippen LogP) is 3.31. The third-order valence-electron chi connectivity index (χ3n) is 3.50. The topological polar surface area (TPSA) is 21.3 Å². The molecule has 0 bridgehead atoms. The van der Waals surface area contributed by atoms with Gasteiger partial charge in [-0.25, -0.2) is 0 Å². The van der Waals surface area contributed by atoms with Crippen molar-refractivity contribution in [3.05, 3.63) is 27.7 Å². The fourth-order valence-corrected chi connectivity index (χ4v) is 2.96. The van der Waals surface area contributed by atoms with Gasteiger partial charge in [-0.05, 0) is 62.9 Å². The Morgan fingerprint density at radius 1 is 1.47 bits per heavy atom. The summed E-state index contributed by atoms with van der Waals surface area (Å²) in [4.78, 5) is 0. The lowest BCUT2D eigenvalue weighted by atomic mass is 9.92. The van der Waals surface area contributed by atoms with Crippen LogP contribution in [0, 0.1) is 12.8 Å². The number of nitrogens with one attached hydrogen (secondary N) is 1. The van der Waals surface area contributed by atoms with Crippen molar-refractivity contribution in [2.45, 2.75) is 26.2 Å². The molecule has 0 amide bonds. The van der Waals surface area contributed by atoms with Gasteiger partial charge in [0, 0.05) is 10.0 Å². The molecule has 3 heteroatoms. The summed E-state index contributed by atoms with van der Waals surface area (Å²) in [6.45, 7) is 4.40. The molecular formula is C14H20BrNO. The van der Waals surface area contributed by atoms with Crippen molar-refractivity contribution in [3.63, 3.8) is 0 Å². The Morgan fingerprint density at radius 2 is 2.29 bits per heavy atom. The Morgan fingerprint density at radius 3 is 2.94 bits per heavy atom. The first-order valence-electron chi connectivity index (χ1n) is 6.24. The lowest BCUT2D eigenvalue weighted by Gasteiger charge is -2.23. The summed E-state index contributed by atoms with van der Waals surface area (Å²) in [6.07, 6.45) is 3.78. The molecule has 1 N–H and O–H groups in total. The molecule has 1 fully saturated rings. The molecule has 1 saturated heterocycles. The van der Waals surface area contributed by atoms with E-state index in [1.807, 2.05) is 0 Å². The first-order chi connectivity index (χ1) is 8.20. The van der Waals surface area contributed by atoms with E-state index in [9.17, 15) is 0 Å². The fraction of sp³-hybridized carbons (Fsp3) is 0.571. The van der Waals surface area contributed by atoms with E-state index in [1.165, 1.54) is 30.5 Å². The van der Waals surface area contributed by atoms with Gasteiger partial charge < -0.3 is 10.1 Å². The summed E-state index contributed by atoms with van der Waals surface area (Å²) in [7, 11) is 1.74. The molecule has 0 aromatic heterocycles. The number of methoxy groups -OCH3 is 1. The Kier molecular flexibility index (Phi) is 4.46. The van der Waals surface area contributed by atoms with Crippen molar-refractivity contribution in [2.24, 2.45) is 5.92 Å². The minimum Gasteiger partial charge on any atom is -0.496 e. The van der Waals surface area contributed by atoms with Crippen LogP contribution in [0.15, 0.2) is 16.6 Å². The van der Waals surface area contributed by atoms with Gasteiger partial charge in [-0.2, -0.15) is 0 Å². The molecule has 0 spiro atoms. The minimum absolute atomic E-state index is 0.767. The van der Waals surface area contributed by atoms with Gasteiger partial charge in [0.1, 0.15) is 5.75 Å². The average molecular weight is 298 g/mol. The van der Waals surface area contributed by atoms with Gasteiger partial charge in [0.05, 0.1) is 7.11 Å². The van der Waals surface area contributed by atoms with E-state index >= 15 is 0 Å². The molecule has 0 aliphatic carbocycles. The molecular weight excluding hydrogens is 278 g/mol. The third-order valence-corrected chi connectivity index (χ3v) is 4.32. The molecule has 1 aliphatic rings. The standard InChI is InChI=1S/C14H20BrNO/c1-10-13(15)7-12(8-14(10)17-2)6-11-4-3-5-16-9-11/h7-8,11,16H,3-6,9H2,1-2H3. The molecule has 17 heavy (non-hydrogen) atoms. The van der Waals surface area contributed by atoms with Crippen LogP contribution in [0.4, 0.5) is 0 Å². The molecule has 1 atom stereocenters. The zero-order valence-electron chi connectivity index (χ0n) is 10.6. The van der Waals surface area contributed by atoms with Crippen LogP contribution in [-0.2, 0) is 6.42 Å². The molecule has 1 unspecified atom stereocenters. The number of rotatable bonds is 3. The molecule has 2 nitrogen and oxygen atoms in total. The zero-order chi connectivity index (χ0) is 12.3. The van der Waals surface area contributed by atoms with Crippen molar-refractivity contribution >= 4 is 15.9 Å². The van der Waals surface area contributed by atoms with Crippen molar-refractivity contribution in [3.8, 4) is 5.75 Å². The van der Waals surface area contributed by atoms with Crippen LogP contribution in [-0.4, -0.2) is 20.2 Å². The normalized spacial score (nSPS) is 20.3. The number of ether oxygens (including phenoxy) is 1. The van der Waals surface area contributed by atoms with Crippen LogP contribution < -0.4 is 10.1 Å². The highest BCUT2D eigenvalue weighted by atomic mass is 79.9. The number of piperidine rings is 1. The Balaban J connectivity index is 2.12. The quantitative estimate of drug-likeness (QED) is 0.924. The van der Waals surface area contributed by atoms with Gasteiger partial charge in [0.15, 0.2) is 0 Å². The SMILES string of the molecule is COc1cc(CC2CCCNC2)cc(Br)c1C. The van der Waals surface area contributed by atoms with Crippen LogP contribution in [0.5, 0.6) is 5.75 Å². The van der Waals surface area contributed by atoms with Gasteiger partial charge >= 0.3 is 0 Å². The second-order valence-corrected chi connectivity index (χ2v) is 5.68. The summed E-state index contributed by atoms with van der Waals surface area (Å²) < 4.78 is 6.56. The summed E-state index contributed by atoms with van der Waals surface area (Å²) in [5.41, 5.74) is 2.55. The van der Waals surface area contributed by atoms with Gasteiger partial charge in [-0.3, -0.25) is 0 Å². The zero-order valence-corrected chi connectivity index (χ0v) is 12.1. The van der Waals surface area contributed by atoms with E-state index in [0.717, 1.165) is 29.1 Å². The van der Waals surface area contributed by atoms with Crippen LogP contribution in [0.25, 0.3) is 0 Å². The van der Waals surface area contributed by atoms with E-state index < -0.39 is 0 Å². The molecule has 1 aromatic carbocycles. The van der Waals surface area contributed by atoms with Crippen molar-refractivity contribution < 1.29 is 4.74 Å². The first kappa shape index (κ1) is 12.9. The van der Waals surface area contributed by atoms with Crippen LogP contribution in [0.2, 0.25) is 0 Å². The highest BCUT2D eigenvalue weighted by Gasteiger charge is 2.15. The van der Waals surface area contributed by atoms with E-state index in [-0.39, 0.29) is 0 Å². The lowest BCUT2D eigenvalue weighted by molar-refractivity contribution is 0.374. The summed E-state index contributed by atoms with van der Waals surface area (Å²) in [6, 6.07) is 4.40. The summed E-state index contributed by atoms with van der Waals surface area (Å²) in [5.74, 6) is 1.75. The Labute approximate surface area is 112 Å². The van der Waals surface area contributed by atoms with Crippen LogP contribution >= 0.6 is 15.9 Å². The third kappa shape index (κ3) is 3.23. The van der Waals surface area contributed by atoms with Crippen molar-refractivity contribution in [1.29, 1.82) is 0 Å². The molecule has 1 aliphatic heterocycles. The largest absolute Gasteiger partial charge is 0.496 e. The smallest absolute Gasteiger partial charge is 0.123 e. The average Bonchev–Trinajstić information content (AvgIpc) is 2.35. The molecule has 94 valence electrons. The highest BCUT2D eigenvalue weighted by Crippen LogP contribution is 2.29. The Hall–Kier alpha value is -0.540. The van der Waals surface area contributed by atoms with E-state index in [2.05, 4.69) is 40.3 Å². The van der Waals surface area contributed by atoms with E-state index in [4.69, 9.17) is 4.74 Å². The number of hydrogen-bond acceptors (Lipinski definition) is 2. The Bertz CT molecular complexity index is 386. The second kappa shape index (κ2) is 5.87. The van der Waals surface area contributed by atoms with Crippen LogP contribution in [0.3, 0.4) is 0 Å². The maximum absolute atomic E-state index is 5.41. The van der Waals surface area contributed by atoms with E-state index in [1.54, 1.807) is 7.11 Å². The maximum Gasteiger partial charge on any atom is 0.123 e. The van der Waals surface area contributed by atoms with Crippen molar-refractivity contribution in [1.82, 2.24) is 5.32 Å².